The Morgan fingerprint density at radius 1 is 1.27 bits per heavy atom. The van der Waals surface area contributed by atoms with E-state index in [-0.39, 0.29) is 11.9 Å². The Hall–Kier alpha value is -2.14. The zero-order chi connectivity index (χ0) is 16.3. The number of hydrogen-bond donors (Lipinski definition) is 1. The smallest absolute Gasteiger partial charge is 0.255 e. The molecule has 118 valence electrons. The summed E-state index contributed by atoms with van der Waals surface area (Å²) in [6, 6.07) is 10.3. The molecule has 1 aromatic heterocycles. The largest absolute Gasteiger partial charge is 0.350 e. The van der Waals surface area contributed by atoms with Gasteiger partial charge in [0, 0.05) is 19.3 Å². The molecule has 1 atom stereocenters. The highest BCUT2D eigenvalue weighted by atomic mass is 16.1. The van der Waals surface area contributed by atoms with Crippen molar-refractivity contribution in [1.29, 1.82) is 0 Å². The number of aromatic nitrogens is 2. The maximum atomic E-state index is 12.5. The summed E-state index contributed by atoms with van der Waals surface area (Å²) in [6.45, 7) is 4.34. The van der Waals surface area contributed by atoms with Crippen molar-refractivity contribution >= 4 is 5.91 Å². The van der Waals surface area contributed by atoms with Crippen LogP contribution in [-0.4, -0.2) is 41.2 Å². The molecule has 5 nitrogen and oxygen atoms in total. The van der Waals surface area contributed by atoms with Crippen LogP contribution >= 0.6 is 0 Å². The first-order chi connectivity index (χ1) is 10.4. The zero-order valence-corrected chi connectivity index (χ0v) is 13.9. The van der Waals surface area contributed by atoms with Gasteiger partial charge in [-0.2, -0.15) is 5.10 Å². The number of likely N-dealkylation sites (N-methyl/N-ethyl adjacent to an activating group) is 1. The average molecular weight is 300 g/mol. The lowest BCUT2D eigenvalue weighted by Crippen LogP contribution is -2.35. The van der Waals surface area contributed by atoms with E-state index in [1.165, 1.54) is 5.56 Å². The Morgan fingerprint density at radius 3 is 2.41 bits per heavy atom. The molecule has 0 fully saturated rings. The lowest BCUT2D eigenvalue weighted by atomic mass is 10.1. The number of nitrogens with one attached hydrogen (secondary N) is 1. The highest BCUT2D eigenvalue weighted by Crippen LogP contribution is 2.17. The monoisotopic (exact) mass is 300 g/mol. The van der Waals surface area contributed by atoms with Gasteiger partial charge in [0.05, 0.1) is 17.3 Å². The maximum Gasteiger partial charge on any atom is 0.255 e. The van der Waals surface area contributed by atoms with Crippen molar-refractivity contribution < 1.29 is 4.79 Å². The minimum atomic E-state index is -0.0640. The van der Waals surface area contributed by atoms with E-state index >= 15 is 0 Å². The van der Waals surface area contributed by atoms with Crippen molar-refractivity contribution in [2.45, 2.75) is 19.9 Å². The van der Waals surface area contributed by atoms with Crippen LogP contribution in [0.1, 0.15) is 33.4 Å². The summed E-state index contributed by atoms with van der Waals surface area (Å²) in [5.74, 6) is -0.0640. The molecular formula is C17H24N4O. The topological polar surface area (TPSA) is 50.2 Å². The third-order valence-electron chi connectivity index (χ3n) is 4.00. The molecule has 0 saturated carbocycles. The van der Waals surface area contributed by atoms with Crippen LogP contribution in [-0.2, 0) is 7.05 Å². The summed E-state index contributed by atoms with van der Waals surface area (Å²) < 4.78 is 1.74. The van der Waals surface area contributed by atoms with E-state index in [1.54, 1.807) is 4.68 Å². The minimum absolute atomic E-state index is 0.0640. The summed E-state index contributed by atoms with van der Waals surface area (Å²) in [5, 5.41) is 7.34. The number of aryl methyl sites for hydroxylation is 2. The third kappa shape index (κ3) is 3.36. The first kappa shape index (κ1) is 16.2. The van der Waals surface area contributed by atoms with E-state index in [4.69, 9.17) is 0 Å². The molecule has 2 rings (SSSR count). The average Bonchev–Trinajstić information content (AvgIpc) is 2.73. The maximum absolute atomic E-state index is 12.5. The molecule has 0 aliphatic rings. The van der Waals surface area contributed by atoms with Crippen LogP contribution in [0.3, 0.4) is 0 Å². The standard InChI is InChI=1S/C17H24N4O/c1-12-16(13(2)21(5)19-12)17(22)18-11-15(20(3)4)14-9-7-6-8-10-14/h6-10,15H,11H2,1-5H3,(H,18,22). The minimum Gasteiger partial charge on any atom is -0.350 e. The van der Waals surface area contributed by atoms with Crippen LogP contribution in [0.15, 0.2) is 30.3 Å². The van der Waals surface area contributed by atoms with Crippen LogP contribution < -0.4 is 5.32 Å². The van der Waals surface area contributed by atoms with Crippen LogP contribution in [0.4, 0.5) is 0 Å². The summed E-state index contributed by atoms with van der Waals surface area (Å²) in [7, 11) is 5.89. The van der Waals surface area contributed by atoms with Crippen LogP contribution in [0, 0.1) is 13.8 Å². The fourth-order valence-corrected chi connectivity index (χ4v) is 2.65. The van der Waals surface area contributed by atoms with E-state index < -0.39 is 0 Å². The van der Waals surface area contributed by atoms with Gasteiger partial charge in [0.1, 0.15) is 0 Å². The van der Waals surface area contributed by atoms with Crippen molar-refractivity contribution in [1.82, 2.24) is 20.0 Å². The SMILES string of the molecule is Cc1nn(C)c(C)c1C(=O)NCC(c1ccccc1)N(C)C. The summed E-state index contributed by atoms with van der Waals surface area (Å²) in [6.07, 6.45) is 0. The van der Waals surface area contributed by atoms with E-state index in [2.05, 4.69) is 27.4 Å². The van der Waals surface area contributed by atoms with E-state index in [1.807, 2.05) is 53.2 Å². The quantitative estimate of drug-likeness (QED) is 0.919. The predicted octanol–water partition coefficient (Wildman–Crippen LogP) is 2.07. The Bertz CT molecular complexity index is 646. The molecule has 0 bridgehead atoms. The molecule has 1 N–H and O–H groups in total. The number of benzene rings is 1. The lowest BCUT2D eigenvalue weighted by molar-refractivity contribution is 0.0940. The molecule has 2 aromatic rings. The molecule has 0 aliphatic carbocycles. The number of carbonyl (C=O) groups is 1. The second-order valence-electron chi connectivity index (χ2n) is 5.77. The number of carbonyl (C=O) groups excluding carboxylic acids is 1. The normalized spacial score (nSPS) is 12.5. The van der Waals surface area contributed by atoms with Crippen LogP contribution in [0.2, 0.25) is 0 Å². The molecule has 0 spiro atoms. The molecular weight excluding hydrogens is 276 g/mol. The van der Waals surface area contributed by atoms with Crippen molar-refractivity contribution in [3.63, 3.8) is 0 Å². The van der Waals surface area contributed by atoms with Gasteiger partial charge in [0.15, 0.2) is 0 Å². The van der Waals surface area contributed by atoms with Crippen LogP contribution in [0.5, 0.6) is 0 Å². The molecule has 1 amide bonds. The van der Waals surface area contributed by atoms with Crippen molar-refractivity contribution in [3.8, 4) is 0 Å². The Kier molecular flexibility index (Phi) is 4.98. The molecule has 22 heavy (non-hydrogen) atoms. The highest BCUT2D eigenvalue weighted by Gasteiger charge is 2.20. The second kappa shape index (κ2) is 6.75. The second-order valence-corrected chi connectivity index (χ2v) is 5.77. The van der Waals surface area contributed by atoms with Gasteiger partial charge < -0.3 is 10.2 Å². The Balaban J connectivity index is 2.11. The zero-order valence-electron chi connectivity index (χ0n) is 13.9. The number of amides is 1. The highest BCUT2D eigenvalue weighted by molar-refractivity contribution is 5.96. The molecule has 1 aromatic carbocycles. The fraction of sp³-hybridized carbons (Fsp3) is 0.412. The molecule has 0 radical (unpaired) electrons. The first-order valence-corrected chi connectivity index (χ1v) is 7.41. The number of nitrogens with zero attached hydrogens (tertiary/aromatic N) is 3. The Labute approximate surface area is 131 Å². The van der Waals surface area contributed by atoms with Crippen LogP contribution in [0.25, 0.3) is 0 Å². The molecule has 0 aliphatic heterocycles. The van der Waals surface area contributed by atoms with Crippen molar-refractivity contribution in [2.75, 3.05) is 20.6 Å². The molecule has 0 saturated heterocycles. The third-order valence-corrected chi connectivity index (χ3v) is 4.00. The molecule has 1 heterocycles. The van der Waals surface area contributed by atoms with Gasteiger partial charge in [-0.1, -0.05) is 30.3 Å². The van der Waals surface area contributed by atoms with Gasteiger partial charge in [-0.05, 0) is 33.5 Å². The number of rotatable bonds is 5. The van der Waals surface area contributed by atoms with E-state index in [0.29, 0.717) is 12.1 Å². The summed E-state index contributed by atoms with van der Waals surface area (Å²) in [4.78, 5) is 14.6. The predicted molar refractivity (Wildman–Crippen MR) is 87.9 cm³/mol. The van der Waals surface area contributed by atoms with Crippen molar-refractivity contribution in [2.24, 2.45) is 7.05 Å². The van der Waals surface area contributed by atoms with E-state index in [0.717, 1.165) is 11.4 Å². The molecule has 1 unspecified atom stereocenters. The van der Waals surface area contributed by atoms with Gasteiger partial charge in [-0.25, -0.2) is 0 Å². The van der Waals surface area contributed by atoms with Crippen molar-refractivity contribution in [3.05, 3.63) is 52.8 Å². The summed E-state index contributed by atoms with van der Waals surface area (Å²) >= 11 is 0. The fourth-order valence-electron chi connectivity index (χ4n) is 2.65. The van der Waals surface area contributed by atoms with Gasteiger partial charge >= 0.3 is 0 Å². The number of hydrogen-bond acceptors (Lipinski definition) is 3. The first-order valence-electron chi connectivity index (χ1n) is 7.41. The Morgan fingerprint density at radius 2 is 1.91 bits per heavy atom. The van der Waals surface area contributed by atoms with Gasteiger partial charge in [0.2, 0.25) is 0 Å². The van der Waals surface area contributed by atoms with E-state index in [9.17, 15) is 4.79 Å². The lowest BCUT2D eigenvalue weighted by Gasteiger charge is -2.25. The van der Waals surface area contributed by atoms with Gasteiger partial charge in [0.25, 0.3) is 5.91 Å². The molecule has 5 heteroatoms. The summed E-state index contributed by atoms with van der Waals surface area (Å²) in [5.41, 5.74) is 3.51. The van der Waals surface area contributed by atoms with Gasteiger partial charge in [-0.15, -0.1) is 0 Å². The van der Waals surface area contributed by atoms with Gasteiger partial charge in [-0.3, -0.25) is 9.48 Å².